The van der Waals surface area contributed by atoms with Gasteiger partial charge in [-0.05, 0) is 24.6 Å². The molecule has 0 atom stereocenters. The molecule has 1 aromatic heterocycles. The average Bonchev–Trinajstić information content (AvgIpc) is 2.24. The quantitative estimate of drug-likeness (QED) is 0.584. The van der Waals surface area contributed by atoms with E-state index in [0.29, 0.717) is 4.64 Å². The van der Waals surface area contributed by atoms with E-state index in [9.17, 15) is 5.21 Å². The van der Waals surface area contributed by atoms with Crippen LogP contribution in [-0.4, -0.2) is 9.94 Å². The zero-order valence-corrected chi connectivity index (χ0v) is 9.16. The normalized spacial score (nSPS) is 10.2. The summed E-state index contributed by atoms with van der Waals surface area (Å²) in [6.45, 7) is 1.96. The molecule has 2 nitrogen and oxygen atoms in total. The lowest BCUT2D eigenvalue weighted by molar-refractivity contribution is 0.185. The lowest BCUT2D eigenvalue weighted by atomic mass is 10.1. The van der Waals surface area contributed by atoms with Gasteiger partial charge in [0.15, 0.2) is 0 Å². The Kier molecular flexibility index (Phi) is 2.56. The lowest BCUT2D eigenvalue weighted by Gasteiger charge is -2.08. The van der Waals surface area contributed by atoms with Crippen molar-refractivity contribution >= 4 is 12.2 Å². The highest BCUT2D eigenvalue weighted by atomic mass is 32.1. The van der Waals surface area contributed by atoms with E-state index in [1.807, 2.05) is 43.3 Å². The van der Waals surface area contributed by atoms with Crippen molar-refractivity contribution in [2.45, 2.75) is 6.92 Å². The molecule has 2 rings (SSSR count). The molecule has 0 saturated carbocycles. The number of hydrogen-bond donors (Lipinski definition) is 1. The first-order valence-electron chi connectivity index (χ1n) is 4.67. The van der Waals surface area contributed by atoms with Gasteiger partial charge in [-0.25, -0.2) is 0 Å². The molecule has 0 aliphatic carbocycles. The Morgan fingerprint density at radius 1 is 1.13 bits per heavy atom. The van der Waals surface area contributed by atoms with Crippen LogP contribution in [0.15, 0.2) is 42.5 Å². The Labute approximate surface area is 93.4 Å². The molecule has 0 radical (unpaired) electrons. The highest BCUT2D eigenvalue weighted by Crippen LogP contribution is 2.19. The number of benzene rings is 1. The highest BCUT2D eigenvalue weighted by Gasteiger charge is 2.03. The first-order chi connectivity index (χ1) is 7.18. The van der Waals surface area contributed by atoms with Crippen LogP contribution in [0.2, 0.25) is 0 Å². The van der Waals surface area contributed by atoms with Crippen molar-refractivity contribution in [1.29, 1.82) is 0 Å². The number of rotatable bonds is 1. The van der Waals surface area contributed by atoms with E-state index in [1.165, 1.54) is 0 Å². The van der Waals surface area contributed by atoms with Crippen molar-refractivity contribution in [3.05, 3.63) is 52.7 Å². The zero-order chi connectivity index (χ0) is 10.8. The monoisotopic (exact) mass is 217 g/mol. The van der Waals surface area contributed by atoms with E-state index in [2.05, 4.69) is 0 Å². The topological polar surface area (TPSA) is 25.2 Å². The number of nitrogens with zero attached hydrogens (tertiary/aromatic N) is 1. The van der Waals surface area contributed by atoms with Gasteiger partial charge in [0.2, 0.25) is 0 Å². The second-order valence-electron chi connectivity index (χ2n) is 3.43. The number of aromatic nitrogens is 1. The van der Waals surface area contributed by atoms with Crippen LogP contribution < -0.4 is 0 Å². The second kappa shape index (κ2) is 3.87. The molecule has 3 heteroatoms. The van der Waals surface area contributed by atoms with E-state index >= 15 is 0 Å². The third-order valence-corrected chi connectivity index (χ3v) is 2.51. The maximum Gasteiger partial charge on any atom is 0.143 e. The minimum atomic E-state index is 0.425. The van der Waals surface area contributed by atoms with Crippen LogP contribution in [0.4, 0.5) is 0 Å². The third kappa shape index (κ3) is 1.92. The third-order valence-electron chi connectivity index (χ3n) is 2.22. The Morgan fingerprint density at radius 3 is 2.47 bits per heavy atom. The van der Waals surface area contributed by atoms with Gasteiger partial charge in [-0.15, -0.1) is 0 Å². The van der Waals surface area contributed by atoms with E-state index in [0.717, 1.165) is 21.6 Å². The zero-order valence-electron chi connectivity index (χ0n) is 8.34. The summed E-state index contributed by atoms with van der Waals surface area (Å²) in [6, 6.07) is 13.4. The van der Waals surface area contributed by atoms with Crippen LogP contribution in [0.1, 0.15) is 5.56 Å². The standard InChI is InChI=1S/C12H11NOS/c1-9-7-11(13(14)12(15)8-9)10-5-3-2-4-6-10/h2-8,14H,1H3. The predicted molar refractivity (Wildman–Crippen MR) is 62.6 cm³/mol. The van der Waals surface area contributed by atoms with Crippen LogP contribution in [0, 0.1) is 11.6 Å². The molecule has 0 aliphatic heterocycles. The van der Waals surface area contributed by atoms with Gasteiger partial charge in [-0.3, -0.25) is 0 Å². The minimum Gasteiger partial charge on any atom is -0.427 e. The summed E-state index contributed by atoms with van der Waals surface area (Å²) in [5.41, 5.74) is 2.72. The first-order valence-corrected chi connectivity index (χ1v) is 5.07. The lowest BCUT2D eigenvalue weighted by Crippen LogP contribution is -1.99. The van der Waals surface area contributed by atoms with E-state index in [4.69, 9.17) is 12.2 Å². The summed E-state index contributed by atoms with van der Waals surface area (Å²) in [4.78, 5) is 0. The van der Waals surface area contributed by atoms with E-state index in [-0.39, 0.29) is 0 Å². The van der Waals surface area contributed by atoms with Gasteiger partial charge in [0, 0.05) is 5.56 Å². The van der Waals surface area contributed by atoms with Gasteiger partial charge in [-0.1, -0.05) is 42.5 Å². The molecule has 1 heterocycles. The summed E-state index contributed by atoms with van der Waals surface area (Å²) >= 11 is 5.04. The molecule has 0 unspecified atom stereocenters. The van der Waals surface area contributed by atoms with Crippen LogP contribution in [0.5, 0.6) is 0 Å². The molecule has 0 fully saturated rings. The molecular formula is C12H11NOS. The molecule has 2 aromatic rings. The van der Waals surface area contributed by atoms with Crippen molar-refractivity contribution in [3.63, 3.8) is 0 Å². The molecule has 1 aromatic carbocycles. The largest absolute Gasteiger partial charge is 0.427 e. The Hall–Kier alpha value is -1.61. The minimum absolute atomic E-state index is 0.425. The molecule has 1 N–H and O–H groups in total. The Bertz CT molecular complexity index is 531. The van der Waals surface area contributed by atoms with E-state index in [1.54, 1.807) is 6.07 Å². The van der Waals surface area contributed by atoms with Gasteiger partial charge >= 0.3 is 0 Å². The molecule has 0 bridgehead atoms. The van der Waals surface area contributed by atoms with E-state index < -0.39 is 0 Å². The maximum atomic E-state index is 9.79. The van der Waals surface area contributed by atoms with Gasteiger partial charge in [0.1, 0.15) is 4.64 Å². The fraction of sp³-hybridized carbons (Fsp3) is 0.0833. The maximum absolute atomic E-state index is 9.79. The second-order valence-corrected chi connectivity index (χ2v) is 3.85. The van der Waals surface area contributed by atoms with Crippen molar-refractivity contribution in [2.75, 3.05) is 0 Å². The average molecular weight is 217 g/mol. The number of pyridine rings is 1. The summed E-state index contributed by atoms with van der Waals surface area (Å²) in [5, 5.41) is 9.79. The van der Waals surface area contributed by atoms with Crippen molar-refractivity contribution in [1.82, 2.24) is 4.73 Å². The summed E-state index contributed by atoms with van der Waals surface area (Å²) < 4.78 is 1.46. The molecule has 15 heavy (non-hydrogen) atoms. The fourth-order valence-electron chi connectivity index (χ4n) is 1.51. The summed E-state index contributed by atoms with van der Waals surface area (Å²) in [5.74, 6) is 0. The summed E-state index contributed by atoms with van der Waals surface area (Å²) in [7, 11) is 0. The SMILES string of the molecule is Cc1cc(-c2ccccc2)n(O)c(=S)c1. The molecule has 0 spiro atoms. The van der Waals surface area contributed by atoms with Crippen LogP contribution in [0.3, 0.4) is 0 Å². The number of aryl methyl sites for hydroxylation is 1. The van der Waals surface area contributed by atoms with Crippen LogP contribution in [0.25, 0.3) is 11.3 Å². The molecule has 0 amide bonds. The van der Waals surface area contributed by atoms with Gasteiger partial charge < -0.3 is 5.21 Å². The molecule has 0 saturated heterocycles. The Balaban J connectivity index is 2.68. The van der Waals surface area contributed by atoms with Crippen LogP contribution >= 0.6 is 12.2 Å². The van der Waals surface area contributed by atoms with Gasteiger partial charge in [0.25, 0.3) is 0 Å². The van der Waals surface area contributed by atoms with Crippen molar-refractivity contribution in [3.8, 4) is 11.3 Å². The summed E-state index contributed by atoms with van der Waals surface area (Å²) in [6.07, 6.45) is 0. The van der Waals surface area contributed by atoms with Crippen molar-refractivity contribution in [2.24, 2.45) is 0 Å². The Morgan fingerprint density at radius 2 is 1.80 bits per heavy atom. The highest BCUT2D eigenvalue weighted by molar-refractivity contribution is 7.71. The number of hydrogen-bond acceptors (Lipinski definition) is 2. The fourth-order valence-corrected chi connectivity index (χ4v) is 1.79. The van der Waals surface area contributed by atoms with Crippen LogP contribution in [-0.2, 0) is 0 Å². The van der Waals surface area contributed by atoms with Gasteiger partial charge in [-0.2, -0.15) is 4.73 Å². The van der Waals surface area contributed by atoms with Crippen molar-refractivity contribution < 1.29 is 5.21 Å². The molecular weight excluding hydrogens is 206 g/mol. The molecule has 76 valence electrons. The smallest absolute Gasteiger partial charge is 0.143 e. The first kappa shape index (κ1) is 9.93. The molecule has 0 aliphatic rings. The van der Waals surface area contributed by atoms with Gasteiger partial charge in [0.05, 0.1) is 5.69 Å². The predicted octanol–water partition coefficient (Wildman–Crippen LogP) is 3.43.